The predicted octanol–water partition coefficient (Wildman–Crippen LogP) is 2.39. The summed E-state index contributed by atoms with van der Waals surface area (Å²) in [5.74, 6) is 0. The third-order valence-corrected chi connectivity index (χ3v) is 8.19. The molecule has 1 N–H and O–H groups in total. The van der Waals surface area contributed by atoms with Gasteiger partial charge in [0.15, 0.2) is 0 Å². The summed E-state index contributed by atoms with van der Waals surface area (Å²) in [6, 6.07) is 10.9. The largest absolute Gasteiger partial charge is 0.396 e. The fourth-order valence-electron chi connectivity index (χ4n) is 3.21. The van der Waals surface area contributed by atoms with Crippen LogP contribution in [0.1, 0.15) is 38.5 Å². The van der Waals surface area contributed by atoms with Crippen LogP contribution in [-0.4, -0.2) is 32.3 Å². The number of hydrogen-bond donors (Lipinski definition) is 1. The van der Waals surface area contributed by atoms with Crippen molar-refractivity contribution in [3.63, 3.8) is 0 Å². The fraction of sp³-hybridized carbons (Fsp3) is 0.625. The molecule has 1 aliphatic rings. The van der Waals surface area contributed by atoms with Gasteiger partial charge in [0.25, 0.3) is 0 Å². The normalized spacial score (nSPS) is 25.2. The predicted molar refractivity (Wildman–Crippen MR) is 82.6 cm³/mol. The van der Waals surface area contributed by atoms with Crippen LogP contribution in [0.3, 0.4) is 0 Å². The molecule has 0 saturated carbocycles. The van der Waals surface area contributed by atoms with Crippen molar-refractivity contribution < 1.29 is 9.84 Å². The Morgan fingerprint density at radius 2 is 2.00 bits per heavy atom. The Labute approximate surface area is 118 Å². The van der Waals surface area contributed by atoms with E-state index in [0.29, 0.717) is 6.61 Å². The summed E-state index contributed by atoms with van der Waals surface area (Å²) < 4.78 is 6.31. The van der Waals surface area contributed by atoms with Gasteiger partial charge in [-0.3, -0.25) is 0 Å². The van der Waals surface area contributed by atoms with Gasteiger partial charge >= 0.3 is 0 Å². The van der Waals surface area contributed by atoms with Gasteiger partial charge in [-0.2, -0.15) is 0 Å². The van der Waals surface area contributed by atoms with Crippen molar-refractivity contribution in [1.82, 2.24) is 0 Å². The molecule has 0 radical (unpaired) electrons. The van der Waals surface area contributed by atoms with Crippen LogP contribution >= 0.6 is 0 Å². The van der Waals surface area contributed by atoms with E-state index in [0.717, 1.165) is 25.9 Å². The Kier molecular flexibility index (Phi) is 5.61. The van der Waals surface area contributed by atoms with Crippen molar-refractivity contribution in [1.29, 1.82) is 0 Å². The number of hydrogen-bond acceptors (Lipinski definition) is 2. The molecular weight excluding hydrogens is 252 g/mol. The van der Waals surface area contributed by atoms with Gasteiger partial charge in [0, 0.05) is 13.2 Å². The van der Waals surface area contributed by atoms with Crippen LogP contribution in [0.15, 0.2) is 30.3 Å². The molecular formula is C16H26O2Si. The van der Waals surface area contributed by atoms with Crippen molar-refractivity contribution in [2.24, 2.45) is 0 Å². The first kappa shape index (κ1) is 14.8. The van der Waals surface area contributed by atoms with Crippen LogP contribution in [0.5, 0.6) is 0 Å². The van der Waals surface area contributed by atoms with E-state index in [1.54, 1.807) is 0 Å². The Balaban J connectivity index is 2.12. The Bertz CT molecular complexity index is 360. The summed E-state index contributed by atoms with van der Waals surface area (Å²) in [5.41, 5.74) is 0. The van der Waals surface area contributed by atoms with Crippen LogP contribution in [0.2, 0.25) is 6.55 Å². The molecule has 1 aromatic rings. The smallest absolute Gasteiger partial charge is 0.105 e. The number of aliphatic hydroxyl groups excluding tert-OH is 1. The van der Waals surface area contributed by atoms with E-state index >= 15 is 0 Å². The second-order valence-electron chi connectivity index (χ2n) is 5.68. The molecule has 1 aliphatic heterocycles. The number of benzene rings is 1. The number of aliphatic hydroxyl groups is 1. The Hall–Kier alpha value is -0.643. The maximum Gasteiger partial charge on any atom is 0.105 e. The Morgan fingerprint density at radius 3 is 2.63 bits per heavy atom. The standard InChI is InChI=1S/C16H26O2Si/c1-19(15-9-3-2-4-10-15)16(11-5-7-13-17)12-6-8-14-18-16/h2-4,9-10,17,19H,5-8,11-14H2,1H3. The van der Waals surface area contributed by atoms with Crippen LogP contribution < -0.4 is 5.19 Å². The second-order valence-corrected chi connectivity index (χ2v) is 8.85. The maximum atomic E-state index is 9.01. The highest BCUT2D eigenvalue weighted by atomic mass is 28.3. The first-order chi connectivity index (χ1) is 9.28. The third-order valence-electron chi connectivity index (χ3n) is 4.48. The van der Waals surface area contributed by atoms with E-state index < -0.39 is 8.80 Å². The van der Waals surface area contributed by atoms with Crippen molar-refractivity contribution in [2.75, 3.05) is 13.2 Å². The molecule has 0 spiro atoms. The van der Waals surface area contributed by atoms with Crippen LogP contribution in [0, 0.1) is 0 Å². The lowest BCUT2D eigenvalue weighted by Crippen LogP contribution is -2.55. The minimum Gasteiger partial charge on any atom is -0.396 e. The van der Waals surface area contributed by atoms with Gasteiger partial charge in [0.1, 0.15) is 8.80 Å². The molecule has 2 unspecified atom stereocenters. The van der Waals surface area contributed by atoms with E-state index in [1.807, 2.05) is 0 Å². The summed E-state index contributed by atoms with van der Waals surface area (Å²) in [7, 11) is -1.12. The number of unbranched alkanes of at least 4 members (excludes halogenated alkanes) is 1. The van der Waals surface area contributed by atoms with E-state index in [2.05, 4.69) is 36.9 Å². The maximum absolute atomic E-state index is 9.01. The molecule has 2 atom stereocenters. The average Bonchev–Trinajstić information content (AvgIpc) is 2.49. The lowest BCUT2D eigenvalue weighted by atomic mass is 10.0. The van der Waals surface area contributed by atoms with Crippen LogP contribution in [0.25, 0.3) is 0 Å². The summed E-state index contributed by atoms with van der Waals surface area (Å²) in [4.78, 5) is 0. The molecule has 19 heavy (non-hydrogen) atoms. The summed E-state index contributed by atoms with van der Waals surface area (Å²) >= 11 is 0. The third kappa shape index (κ3) is 3.68. The zero-order chi connectivity index (χ0) is 13.6. The monoisotopic (exact) mass is 278 g/mol. The van der Waals surface area contributed by atoms with E-state index in [9.17, 15) is 0 Å². The molecule has 2 rings (SSSR count). The molecule has 1 heterocycles. The highest BCUT2D eigenvalue weighted by molar-refractivity contribution is 6.74. The molecule has 0 amide bonds. The van der Waals surface area contributed by atoms with Crippen molar-refractivity contribution in [2.45, 2.75) is 50.3 Å². The lowest BCUT2D eigenvalue weighted by molar-refractivity contribution is -0.0288. The highest BCUT2D eigenvalue weighted by Gasteiger charge is 2.39. The first-order valence-corrected chi connectivity index (χ1v) is 9.89. The molecule has 1 saturated heterocycles. The summed E-state index contributed by atoms with van der Waals surface area (Å²) in [6.45, 7) is 3.65. The van der Waals surface area contributed by atoms with E-state index in [-0.39, 0.29) is 5.22 Å². The van der Waals surface area contributed by atoms with Gasteiger partial charge in [-0.25, -0.2) is 0 Å². The van der Waals surface area contributed by atoms with Gasteiger partial charge in [-0.05, 0) is 38.5 Å². The van der Waals surface area contributed by atoms with E-state index in [1.165, 1.54) is 24.4 Å². The lowest BCUT2D eigenvalue weighted by Gasteiger charge is -2.42. The number of rotatable bonds is 6. The summed E-state index contributed by atoms with van der Waals surface area (Å²) in [6.07, 6.45) is 6.82. The van der Waals surface area contributed by atoms with Crippen LogP contribution in [0.4, 0.5) is 0 Å². The molecule has 1 aromatic carbocycles. The summed E-state index contributed by atoms with van der Waals surface area (Å²) in [5, 5.41) is 10.6. The highest BCUT2D eigenvalue weighted by Crippen LogP contribution is 2.32. The molecule has 0 bridgehead atoms. The van der Waals surface area contributed by atoms with Crippen molar-refractivity contribution in [3.05, 3.63) is 30.3 Å². The SMILES string of the molecule is C[SiH](c1ccccc1)C1(CCCCO)CCCCO1. The van der Waals surface area contributed by atoms with Crippen LogP contribution in [-0.2, 0) is 4.74 Å². The molecule has 1 fully saturated rings. The first-order valence-electron chi connectivity index (χ1n) is 7.58. The van der Waals surface area contributed by atoms with Crippen molar-refractivity contribution >= 4 is 14.0 Å². The van der Waals surface area contributed by atoms with E-state index in [4.69, 9.17) is 9.84 Å². The quantitative estimate of drug-likeness (QED) is 0.639. The minimum absolute atomic E-state index is 0.120. The molecule has 106 valence electrons. The van der Waals surface area contributed by atoms with Crippen molar-refractivity contribution in [3.8, 4) is 0 Å². The Morgan fingerprint density at radius 1 is 1.21 bits per heavy atom. The average molecular weight is 278 g/mol. The van der Waals surface area contributed by atoms with Gasteiger partial charge < -0.3 is 9.84 Å². The molecule has 3 heteroatoms. The number of ether oxygens (including phenoxy) is 1. The topological polar surface area (TPSA) is 29.5 Å². The van der Waals surface area contributed by atoms with Gasteiger partial charge in [0.2, 0.25) is 0 Å². The molecule has 0 aromatic heterocycles. The fourth-order valence-corrected chi connectivity index (χ4v) is 6.26. The second kappa shape index (κ2) is 7.22. The zero-order valence-corrected chi connectivity index (χ0v) is 13.1. The molecule has 2 nitrogen and oxygen atoms in total. The minimum atomic E-state index is -1.12. The van der Waals surface area contributed by atoms with Gasteiger partial charge in [0.05, 0.1) is 5.22 Å². The van der Waals surface area contributed by atoms with Gasteiger partial charge in [-0.1, -0.05) is 42.1 Å². The zero-order valence-electron chi connectivity index (χ0n) is 12.0. The molecule has 0 aliphatic carbocycles. The van der Waals surface area contributed by atoms with Gasteiger partial charge in [-0.15, -0.1) is 0 Å².